The Balaban J connectivity index is 2.16. The number of nitrogens with zero attached hydrogens (tertiary/aromatic N) is 2. The SMILES string of the molecule is CCC1CCN(c2cnccc2CN)C1. The first-order valence-electron chi connectivity index (χ1n) is 5.73. The van der Waals surface area contributed by atoms with Crippen molar-refractivity contribution in [1.82, 2.24) is 4.98 Å². The fraction of sp³-hybridized carbons (Fsp3) is 0.583. The Morgan fingerprint density at radius 3 is 3.13 bits per heavy atom. The van der Waals surface area contributed by atoms with Crippen molar-refractivity contribution in [3.63, 3.8) is 0 Å². The molecule has 1 aliphatic rings. The lowest BCUT2D eigenvalue weighted by atomic mass is 10.1. The van der Waals surface area contributed by atoms with Gasteiger partial charge in [0.25, 0.3) is 0 Å². The van der Waals surface area contributed by atoms with E-state index in [9.17, 15) is 0 Å². The highest BCUT2D eigenvalue weighted by Crippen LogP contribution is 2.27. The number of rotatable bonds is 3. The minimum absolute atomic E-state index is 0.602. The molecule has 0 aliphatic carbocycles. The Bertz CT molecular complexity index is 324. The van der Waals surface area contributed by atoms with Gasteiger partial charge in [-0.1, -0.05) is 13.3 Å². The van der Waals surface area contributed by atoms with Crippen LogP contribution in [-0.2, 0) is 6.54 Å². The first-order valence-corrected chi connectivity index (χ1v) is 5.73. The van der Waals surface area contributed by atoms with Gasteiger partial charge in [0.1, 0.15) is 0 Å². The maximum atomic E-state index is 5.73. The molecule has 1 fully saturated rings. The van der Waals surface area contributed by atoms with Gasteiger partial charge in [0, 0.05) is 25.8 Å². The first kappa shape index (κ1) is 10.4. The Hall–Kier alpha value is -1.09. The lowest BCUT2D eigenvalue weighted by Gasteiger charge is -2.20. The van der Waals surface area contributed by atoms with Gasteiger partial charge in [-0.25, -0.2) is 0 Å². The van der Waals surface area contributed by atoms with Crippen LogP contribution in [0.15, 0.2) is 18.5 Å². The third kappa shape index (κ3) is 2.12. The summed E-state index contributed by atoms with van der Waals surface area (Å²) >= 11 is 0. The summed E-state index contributed by atoms with van der Waals surface area (Å²) < 4.78 is 0. The van der Waals surface area contributed by atoms with Crippen molar-refractivity contribution in [3.8, 4) is 0 Å². The van der Waals surface area contributed by atoms with Gasteiger partial charge in [-0.15, -0.1) is 0 Å². The van der Waals surface area contributed by atoms with Crippen molar-refractivity contribution in [2.75, 3.05) is 18.0 Å². The summed E-state index contributed by atoms with van der Waals surface area (Å²) in [7, 11) is 0. The van der Waals surface area contributed by atoms with E-state index in [2.05, 4.69) is 16.8 Å². The van der Waals surface area contributed by atoms with Crippen molar-refractivity contribution < 1.29 is 0 Å². The van der Waals surface area contributed by atoms with E-state index in [0.717, 1.165) is 19.0 Å². The smallest absolute Gasteiger partial charge is 0.0598 e. The Morgan fingerprint density at radius 2 is 2.47 bits per heavy atom. The van der Waals surface area contributed by atoms with E-state index in [0.29, 0.717) is 6.54 Å². The van der Waals surface area contributed by atoms with Gasteiger partial charge >= 0.3 is 0 Å². The van der Waals surface area contributed by atoms with Crippen molar-refractivity contribution in [1.29, 1.82) is 0 Å². The molecule has 0 saturated carbocycles. The van der Waals surface area contributed by atoms with Crippen LogP contribution in [0.3, 0.4) is 0 Å². The molecule has 0 aromatic carbocycles. The topological polar surface area (TPSA) is 42.2 Å². The van der Waals surface area contributed by atoms with Gasteiger partial charge in [-0.2, -0.15) is 0 Å². The zero-order chi connectivity index (χ0) is 10.7. The van der Waals surface area contributed by atoms with Crippen LogP contribution in [0.5, 0.6) is 0 Å². The average Bonchev–Trinajstić information content (AvgIpc) is 2.77. The second kappa shape index (κ2) is 4.62. The van der Waals surface area contributed by atoms with Crippen LogP contribution >= 0.6 is 0 Å². The lowest BCUT2D eigenvalue weighted by molar-refractivity contribution is 0.569. The predicted molar refractivity (Wildman–Crippen MR) is 62.7 cm³/mol. The summed E-state index contributed by atoms with van der Waals surface area (Å²) in [5, 5.41) is 0. The number of pyridine rings is 1. The van der Waals surface area contributed by atoms with E-state index in [1.807, 2.05) is 18.5 Å². The van der Waals surface area contributed by atoms with Crippen molar-refractivity contribution in [3.05, 3.63) is 24.0 Å². The first-order chi connectivity index (χ1) is 7.35. The van der Waals surface area contributed by atoms with Crippen LogP contribution in [0.25, 0.3) is 0 Å². The molecule has 1 aromatic heterocycles. The highest BCUT2D eigenvalue weighted by Gasteiger charge is 2.22. The van der Waals surface area contributed by atoms with E-state index < -0.39 is 0 Å². The molecule has 15 heavy (non-hydrogen) atoms. The summed E-state index contributed by atoms with van der Waals surface area (Å²) in [4.78, 5) is 6.61. The molecule has 2 heterocycles. The molecule has 1 aromatic rings. The number of anilines is 1. The fourth-order valence-electron chi connectivity index (χ4n) is 2.26. The molecule has 0 radical (unpaired) electrons. The van der Waals surface area contributed by atoms with Gasteiger partial charge in [0.05, 0.1) is 11.9 Å². The Kier molecular flexibility index (Phi) is 3.21. The molecular weight excluding hydrogens is 186 g/mol. The van der Waals surface area contributed by atoms with Crippen molar-refractivity contribution in [2.24, 2.45) is 11.7 Å². The van der Waals surface area contributed by atoms with E-state index >= 15 is 0 Å². The number of nitrogens with two attached hydrogens (primary N) is 1. The summed E-state index contributed by atoms with van der Waals surface area (Å²) in [5.74, 6) is 0.843. The quantitative estimate of drug-likeness (QED) is 0.818. The molecule has 2 N–H and O–H groups in total. The monoisotopic (exact) mass is 205 g/mol. The van der Waals surface area contributed by atoms with Crippen LogP contribution < -0.4 is 10.6 Å². The molecule has 82 valence electrons. The second-order valence-corrected chi connectivity index (χ2v) is 4.22. The molecule has 0 bridgehead atoms. The molecular formula is C12H19N3. The summed E-state index contributed by atoms with van der Waals surface area (Å²) in [5.41, 5.74) is 8.17. The maximum absolute atomic E-state index is 5.73. The molecule has 1 aliphatic heterocycles. The van der Waals surface area contributed by atoms with Crippen LogP contribution in [0.1, 0.15) is 25.3 Å². The minimum atomic E-state index is 0.602. The molecule has 1 unspecified atom stereocenters. The molecule has 1 atom stereocenters. The van der Waals surface area contributed by atoms with Crippen LogP contribution in [0, 0.1) is 5.92 Å². The van der Waals surface area contributed by atoms with Crippen LogP contribution in [-0.4, -0.2) is 18.1 Å². The van der Waals surface area contributed by atoms with E-state index in [-0.39, 0.29) is 0 Å². The van der Waals surface area contributed by atoms with Gasteiger partial charge in [0.2, 0.25) is 0 Å². The average molecular weight is 205 g/mol. The number of aromatic nitrogens is 1. The van der Waals surface area contributed by atoms with Gasteiger partial charge in [-0.3, -0.25) is 4.98 Å². The standard InChI is InChI=1S/C12H19N3/c1-2-10-4-6-15(9-10)12-8-14-5-3-11(12)7-13/h3,5,8,10H,2,4,6-7,9,13H2,1H3. The third-order valence-corrected chi connectivity index (χ3v) is 3.31. The molecule has 3 nitrogen and oxygen atoms in total. The number of hydrogen-bond acceptors (Lipinski definition) is 3. The predicted octanol–water partition coefficient (Wildman–Crippen LogP) is 1.78. The summed E-state index contributed by atoms with van der Waals surface area (Å²) in [6.07, 6.45) is 6.34. The zero-order valence-electron chi connectivity index (χ0n) is 9.32. The van der Waals surface area contributed by atoms with Gasteiger partial charge in [0.15, 0.2) is 0 Å². The minimum Gasteiger partial charge on any atom is -0.370 e. The molecule has 3 heteroatoms. The van der Waals surface area contributed by atoms with E-state index in [1.54, 1.807) is 0 Å². The van der Waals surface area contributed by atoms with E-state index in [4.69, 9.17) is 5.73 Å². The highest BCUT2D eigenvalue weighted by atomic mass is 15.2. The van der Waals surface area contributed by atoms with Gasteiger partial charge in [-0.05, 0) is 24.0 Å². The molecule has 1 saturated heterocycles. The zero-order valence-corrected chi connectivity index (χ0v) is 9.32. The van der Waals surface area contributed by atoms with Crippen molar-refractivity contribution >= 4 is 5.69 Å². The summed E-state index contributed by atoms with van der Waals surface area (Å²) in [6, 6.07) is 2.02. The molecule has 0 spiro atoms. The van der Waals surface area contributed by atoms with Crippen molar-refractivity contribution in [2.45, 2.75) is 26.3 Å². The van der Waals surface area contributed by atoms with E-state index in [1.165, 1.54) is 24.1 Å². The Morgan fingerprint density at radius 1 is 1.60 bits per heavy atom. The number of hydrogen-bond donors (Lipinski definition) is 1. The second-order valence-electron chi connectivity index (χ2n) is 4.22. The van der Waals surface area contributed by atoms with Crippen LogP contribution in [0.4, 0.5) is 5.69 Å². The summed E-state index contributed by atoms with van der Waals surface area (Å²) in [6.45, 7) is 5.18. The van der Waals surface area contributed by atoms with Gasteiger partial charge < -0.3 is 10.6 Å². The third-order valence-electron chi connectivity index (χ3n) is 3.31. The Labute approximate surface area is 91.3 Å². The maximum Gasteiger partial charge on any atom is 0.0598 e. The van der Waals surface area contributed by atoms with Crippen LogP contribution in [0.2, 0.25) is 0 Å². The fourth-order valence-corrected chi connectivity index (χ4v) is 2.26. The lowest BCUT2D eigenvalue weighted by Crippen LogP contribution is -2.21. The highest BCUT2D eigenvalue weighted by molar-refractivity contribution is 5.52. The molecule has 2 rings (SSSR count). The largest absolute Gasteiger partial charge is 0.370 e. The normalized spacial score (nSPS) is 20.9. The molecule has 0 amide bonds.